The van der Waals surface area contributed by atoms with Crippen molar-refractivity contribution >= 4 is 29.1 Å². The zero-order valence-electron chi connectivity index (χ0n) is 22.9. The lowest BCUT2D eigenvalue weighted by Crippen LogP contribution is -2.49. The lowest BCUT2D eigenvalue weighted by molar-refractivity contribution is -0.117. The summed E-state index contributed by atoms with van der Waals surface area (Å²) in [4.78, 5) is 44.1. The monoisotopic (exact) mass is 568 g/mol. The number of piperazine rings is 1. The molecule has 0 radical (unpaired) electrons. The summed E-state index contributed by atoms with van der Waals surface area (Å²) in [5, 5.41) is 2.85. The van der Waals surface area contributed by atoms with Crippen molar-refractivity contribution in [2.45, 2.75) is 6.54 Å². The van der Waals surface area contributed by atoms with Crippen LogP contribution in [0.2, 0.25) is 0 Å². The maximum Gasteiger partial charge on any atom is 0.256 e. The maximum absolute atomic E-state index is 14.0. The molecule has 0 spiro atoms. The third-order valence-corrected chi connectivity index (χ3v) is 7.12. The van der Waals surface area contributed by atoms with E-state index >= 15 is 0 Å². The predicted octanol–water partition coefficient (Wildman–Crippen LogP) is 5.21. The van der Waals surface area contributed by atoms with Crippen molar-refractivity contribution in [2.75, 3.05) is 42.9 Å². The van der Waals surface area contributed by atoms with Gasteiger partial charge in [0.2, 0.25) is 5.91 Å². The summed E-state index contributed by atoms with van der Waals surface area (Å²) >= 11 is 0. The highest BCUT2D eigenvalue weighted by molar-refractivity contribution is 5.99. The second kappa shape index (κ2) is 13.1. The van der Waals surface area contributed by atoms with E-state index in [4.69, 9.17) is 0 Å². The largest absolute Gasteiger partial charge is 0.368 e. The highest BCUT2D eigenvalue weighted by atomic mass is 19.1. The number of carbonyl (C=O) groups is 3. The Bertz CT molecular complexity index is 1540. The minimum Gasteiger partial charge on any atom is -0.368 e. The number of amides is 3. The number of anilines is 2. The van der Waals surface area contributed by atoms with E-state index in [-0.39, 0.29) is 42.2 Å². The van der Waals surface area contributed by atoms with Crippen LogP contribution in [-0.2, 0) is 11.3 Å². The minimum atomic E-state index is -0.523. The summed E-state index contributed by atoms with van der Waals surface area (Å²) in [5.41, 5.74) is 2.74. The fourth-order valence-corrected chi connectivity index (χ4v) is 4.88. The third kappa shape index (κ3) is 6.98. The van der Waals surface area contributed by atoms with Crippen molar-refractivity contribution < 1.29 is 23.2 Å². The van der Waals surface area contributed by atoms with Crippen molar-refractivity contribution in [3.8, 4) is 0 Å². The van der Waals surface area contributed by atoms with E-state index < -0.39 is 5.82 Å². The average molecular weight is 569 g/mol. The van der Waals surface area contributed by atoms with Crippen LogP contribution in [0, 0.1) is 11.6 Å². The van der Waals surface area contributed by atoms with Gasteiger partial charge in [0.15, 0.2) is 0 Å². The molecule has 214 valence electrons. The highest BCUT2D eigenvalue weighted by Crippen LogP contribution is 2.21. The molecule has 0 bridgehead atoms. The topological polar surface area (TPSA) is 73.0 Å². The van der Waals surface area contributed by atoms with Crippen LogP contribution >= 0.6 is 0 Å². The van der Waals surface area contributed by atoms with E-state index in [0.717, 1.165) is 5.69 Å². The number of halogens is 2. The van der Waals surface area contributed by atoms with Crippen molar-refractivity contribution in [3.05, 3.63) is 131 Å². The van der Waals surface area contributed by atoms with E-state index in [0.29, 0.717) is 43.0 Å². The first-order chi connectivity index (χ1) is 20.4. The molecule has 0 saturated carbocycles. The van der Waals surface area contributed by atoms with E-state index in [1.54, 1.807) is 65.6 Å². The van der Waals surface area contributed by atoms with Gasteiger partial charge in [-0.2, -0.15) is 0 Å². The van der Waals surface area contributed by atoms with Crippen LogP contribution in [-0.4, -0.2) is 60.2 Å². The molecule has 0 aliphatic carbocycles. The molecule has 0 atom stereocenters. The first-order valence-corrected chi connectivity index (χ1v) is 13.6. The van der Waals surface area contributed by atoms with Crippen LogP contribution in [0.1, 0.15) is 26.3 Å². The number of nitrogens with one attached hydrogen (secondary N) is 1. The summed E-state index contributed by atoms with van der Waals surface area (Å²) < 4.78 is 27.4. The number of carbonyl (C=O) groups excluding carboxylic acids is 3. The molecule has 3 amide bonds. The summed E-state index contributed by atoms with van der Waals surface area (Å²) in [6.45, 7) is 2.06. The summed E-state index contributed by atoms with van der Waals surface area (Å²) in [7, 11) is 0. The molecule has 1 aliphatic heterocycles. The first-order valence-electron chi connectivity index (χ1n) is 13.6. The number of hydrogen-bond donors (Lipinski definition) is 1. The molecule has 9 heteroatoms. The Balaban J connectivity index is 1.18. The van der Waals surface area contributed by atoms with Gasteiger partial charge in [0.1, 0.15) is 18.2 Å². The Labute approximate surface area is 243 Å². The SMILES string of the molecule is O=C(CN(Cc1ccc(F)cc1)C(=O)c1ccccc1)Nc1ccc(N2CCN(C(=O)c3ccccc3F)CC2)cc1. The number of benzene rings is 4. The van der Waals surface area contributed by atoms with Crippen LogP contribution in [0.15, 0.2) is 103 Å². The van der Waals surface area contributed by atoms with E-state index in [2.05, 4.69) is 10.2 Å². The van der Waals surface area contributed by atoms with Crippen LogP contribution < -0.4 is 10.2 Å². The fraction of sp³-hybridized carbons (Fsp3) is 0.182. The summed E-state index contributed by atoms with van der Waals surface area (Å²) in [6.07, 6.45) is 0. The molecule has 1 fully saturated rings. The Morgan fingerprint density at radius 1 is 0.738 bits per heavy atom. The van der Waals surface area contributed by atoms with Gasteiger partial charge in [-0.25, -0.2) is 8.78 Å². The zero-order chi connectivity index (χ0) is 29.5. The molecular weight excluding hydrogens is 538 g/mol. The molecule has 0 unspecified atom stereocenters. The molecule has 4 aromatic carbocycles. The smallest absolute Gasteiger partial charge is 0.256 e. The fourth-order valence-electron chi connectivity index (χ4n) is 4.88. The Morgan fingerprint density at radius 3 is 2.05 bits per heavy atom. The van der Waals surface area contributed by atoms with Gasteiger partial charge in [-0.15, -0.1) is 0 Å². The van der Waals surface area contributed by atoms with Crippen LogP contribution in [0.5, 0.6) is 0 Å². The lowest BCUT2D eigenvalue weighted by Gasteiger charge is -2.36. The predicted molar refractivity (Wildman–Crippen MR) is 157 cm³/mol. The lowest BCUT2D eigenvalue weighted by atomic mass is 10.1. The van der Waals surface area contributed by atoms with Crippen LogP contribution in [0.25, 0.3) is 0 Å². The molecule has 42 heavy (non-hydrogen) atoms. The van der Waals surface area contributed by atoms with Crippen molar-refractivity contribution in [3.63, 3.8) is 0 Å². The standard InChI is InChI=1S/C33H30F2N4O3/c34-26-12-10-24(11-13-26)22-39(32(41)25-6-2-1-3-7-25)23-31(40)36-27-14-16-28(17-15-27)37-18-20-38(21-19-37)33(42)29-8-4-5-9-30(29)35/h1-17H,18-23H2,(H,36,40). The van der Waals surface area contributed by atoms with E-state index in [9.17, 15) is 23.2 Å². The van der Waals surface area contributed by atoms with Gasteiger partial charge >= 0.3 is 0 Å². The molecule has 7 nitrogen and oxygen atoms in total. The molecular formula is C33H30F2N4O3. The van der Waals surface area contributed by atoms with Gasteiger partial charge in [0, 0.05) is 49.7 Å². The number of rotatable bonds is 8. The average Bonchev–Trinajstić information content (AvgIpc) is 3.02. The van der Waals surface area contributed by atoms with Gasteiger partial charge < -0.3 is 20.0 Å². The summed E-state index contributed by atoms with van der Waals surface area (Å²) in [6, 6.07) is 27.8. The molecule has 4 aromatic rings. The zero-order valence-corrected chi connectivity index (χ0v) is 22.9. The molecule has 1 saturated heterocycles. The molecule has 5 rings (SSSR count). The van der Waals surface area contributed by atoms with Gasteiger partial charge in [-0.05, 0) is 66.2 Å². The Hall–Kier alpha value is -5.05. The third-order valence-electron chi connectivity index (χ3n) is 7.12. The highest BCUT2D eigenvalue weighted by Gasteiger charge is 2.24. The molecule has 1 aliphatic rings. The molecule has 0 aromatic heterocycles. The van der Waals surface area contributed by atoms with Crippen molar-refractivity contribution in [2.24, 2.45) is 0 Å². The Kier molecular flexibility index (Phi) is 8.87. The summed E-state index contributed by atoms with van der Waals surface area (Å²) in [5.74, 6) is -1.89. The quantitative estimate of drug-likeness (QED) is 0.317. The van der Waals surface area contributed by atoms with E-state index in [1.807, 2.05) is 18.2 Å². The first kappa shape index (κ1) is 28.5. The van der Waals surface area contributed by atoms with Gasteiger partial charge in [0.25, 0.3) is 11.8 Å². The van der Waals surface area contributed by atoms with Crippen molar-refractivity contribution in [1.82, 2.24) is 9.80 Å². The van der Waals surface area contributed by atoms with Gasteiger partial charge in [-0.3, -0.25) is 14.4 Å². The number of nitrogens with zero attached hydrogens (tertiary/aromatic N) is 3. The number of hydrogen-bond acceptors (Lipinski definition) is 4. The maximum atomic E-state index is 14.0. The van der Waals surface area contributed by atoms with Crippen LogP contribution in [0.3, 0.4) is 0 Å². The van der Waals surface area contributed by atoms with Crippen molar-refractivity contribution in [1.29, 1.82) is 0 Å². The Morgan fingerprint density at radius 2 is 1.38 bits per heavy atom. The second-order valence-corrected chi connectivity index (χ2v) is 10.0. The van der Waals surface area contributed by atoms with E-state index in [1.165, 1.54) is 29.2 Å². The molecule has 1 N–H and O–H groups in total. The second-order valence-electron chi connectivity index (χ2n) is 10.0. The normalized spacial score (nSPS) is 13.0. The van der Waals surface area contributed by atoms with Gasteiger partial charge in [-0.1, -0.05) is 42.5 Å². The minimum absolute atomic E-state index is 0.0766. The van der Waals surface area contributed by atoms with Crippen LogP contribution in [0.4, 0.5) is 20.2 Å². The van der Waals surface area contributed by atoms with Gasteiger partial charge in [0.05, 0.1) is 5.56 Å². The molecule has 1 heterocycles.